The molecule has 0 spiro atoms. The van der Waals surface area contributed by atoms with Gasteiger partial charge in [-0.25, -0.2) is 9.37 Å². The Kier molecular flexibility index (Phi) is 6.32. The Bertz CT molecular complexity index is 987. The molecule has 144 valence electrons. The number of nitrogens with zero attached hydrogens (tertiary/aromatic N) is 1. The molecule has 5 nitrogen and oxygen atoms in total. The van der Waals surface area contributed by atoms with Gasteiger partial charge in [-0.05, 0) is 49.7 Å². The lowest BCUT2D eigenvalue weighted by atomic mass is 10.0. The number of carbonyl (C=O) groups is 2. The van der Waals surface area contributed by atoms with Crippen LogP contribution in [0.1, 0.15) is 30.1 Å². The number of aromatic nitrogens is 1. The topological polar surface area (TPSA) is 68.3 Å². The van der Waals surface area contributed by atoms with Gasteiger partial charge in [-0.3, -0.25) is 9.59 Å². The number of benzene rings is 2. The molecule has 0 saturated carbocycles. The van der Waals surface area contributed by atoms with Crippen molar-refractivity contribution in [3.8, 4) is 11.3 Å². The standard InChI is InChI=1S/C22H21FN2O3/c1-2-28-21(26)8-5-13-24-22(27)18-14-20(15-9-11-16(23)12-10-15)25-19-7-4-3-6-17(18)19/h3-4,6-7,9-12,14H,2,5,8,13H2,1H3,(H,24,27). The van der Waals surface area contributed by atoms with Crippen molar-refractivity contribution in [2.45, 2.75) is 19.8 Å². The van der Waals surface area contributed by atoms with Crippen LogP contribution in [0.15, 0.2) is 54.6 Å². The molecule has 1 aromatic heterocycles. The van der Waals surface area contributed by atoms with Crippen LogP contribution in [0.25, 0.3) is 22.2 Å². The smallest absolute Gasteiger partial charge is 0.305 e. The fraction of sp³-hybridized carbons (Fsp3) is 0.227. The van der Waals surface area contributed by atoms with E-state index in [0.29, 0.717) is 36.3 Å². The number of hydrogen-bond donors (Lipinski definition) is 1. The van der Waals surface area contributed by atoms with Crippen molar-refractivity contribution >= 4 is 22.8 Å². The quantitative estimate of drug-likeness (QED) is 0.495. The second-order valence-corrected chi connectivity index (χ2v) is 6.24. The van der Waals surface area contributed by atoms with Crippen molar-refractivity contribution < 1.29 is 18.7 Å². The van der Waals surface area contributed by atoms with Gasteiger partial charge in [0.05, 0.1) is 23.4 Å². The van der Waals surface area contributed by atoms with E-state index in [1.807, 2.05) is 24.3 Å². The predicted molar refractivity (Wildman–Crippen MR) is 105 cm³/mol. The number of halogens is 1. The van der Waals surface area contributed by atoms with Crippen LogP contribution in [0.2, 0.25) is 0 Å². The molecule has 0 atom stereocenters. The summed E-state index contributed by atoms with van der Waals surface area (Å²) in [5.41, 5.74) is 2.49. The van der Waals surface area contributed by atoms with Crippen LogP contribution in [0.5, 0.6) is 0 Å². The van der Waals surface area contributed by atoms with E-state index >= 15 is 0 Å². The van der Waals surface area contributed by atoms with Crippen LogP contribution < -0.4 is 5.32 Å². The largest absolute Gasteiger partial charge is 0.466 e. The van der Waals surface area contributed by atoms with E-state index in [1.165, 1.54) is 12.1 Å². The van der Waals surface area contributed by atoms with Crippen molar-refractivity contribution in [1.29, 1.82) is 0 Å². The van der Waals surface area contributed by atoms with Crippen LogP contribution in [0.4, 0.5) is 4.39 Å². The van der Waals surface area contributed by atoms with Gasteiger partial charge >= 0.3 is 5.97 Å². The van der Waals surface area contributed by atoms with E-state index in [1.54, 1.807) is 25.1 Å². The van der Waals surface area contributed by atoms with Crippen molar-refractivity contribution in [3.63, 3.8) is 0 Å². The molecule has 6 heteroatoms. The second-order valence-electron chi connectivity index (χ2n) is 6.24. The number of ether oxygens (including phenoxy) is 1. The molecule has 0 fully saturated rings. The minimum absolute atomic E-state index is 0.245. The number of hydrogen-bond acceptors (Lipinski definition) is 4. The first-order valence-electron chi connectivity index (χ1n) is 9.18. The molecule has 0 aliphatic carbocycles. The van der Waals surface area contributed by atoms with E-state index in [0.717, 1.165) is 10.9 Å². The maximum atomic E-state index is 13.2. The summed E-state index contributed by atoms with van der Waals surface area (Å²) in [5, 5.41) is 3.57. The first kappa shape index (κ1) is 19.5. The van der Waals surface area contributed by atoms with Gasteiger partial charge in [0.25, 0.3) is 5.91 Å². The normalized spacial score (nSPS) is 10.6. The Balaban J connectivity index is 1.82. The highest BCUT2D eigenvalue weighted by Gasteiger charge is 2.14. The highest BCUT2D eigenvalue weighted by molar-refractivity contribution is 6.07. The summed E-state index contributed by atoms with van der Waals surface area (Å²) in [6, 6.07) is 15.1. The molecule has 0 saturated heterocycles. The van der Waals surface area contributed by atoms with E-state index < -0.39 is 0 Å². The van der Waals surface area contributed by atoms with E-state index in [9.17, 15) is 14.0 Å². The third kappa shape index (κ3) is 4.71. The van der Waals surface area contributed by atoms with Gasteiger partial charge in [0.15, 0.2) is 0 Å². The molecule has 0 unspecified atom stereocenters. The minimum atomic E-state index is -0.330. The van der Waals surface area contributed by atoms with Crippen LogP contribution >= 0.6 is 0 Å². The number of para-hydroxylation sites is 1. The van der Waals surface area contributed by atoms with E-state index in [4.69, 9.17) is 4.74 Å². The van der Waals surface area contributed by atoms with Crippen LogP contribution in [0.3, 0.4) is 0 Å². The maximum absolute atomic E-state index is 13.2. The summed E-state index contributed by atoms with van der Waals surface area (Å²) in [6.45, 7) is 2.47. The molecule has 0 aliphatic rings. The van der Waals surface area contributed by atoms with Crippen LogP contribution in [0, 0.1) is 5.82 Å². The monoisotopic (exact) mass is 380 g/mol. The van der Waals surface area contributed by atoms with Gasteiger partial charge in [0, 0.05) is 23.9 Å². The zero-order chi connectivity index (χ0) is 19.9. The molecular weight excluding hydrogens is 359 g/mol. The lowest BCUT2D eigenvalue weighted by molar-refractivity contribution is -0.143. The minimum Gasteiger partial charge on any atom is -0.466 e. The third-order valence-corrected chi connectivity index (χ3v) is 4.25. The van der Waals surface area contributed by atoms with Gasteiger partial charge < -0.3 is 10.1 Å². The van der Waals surface area contributed by atoms with Gasteiger partial charge in [0.1, 0.15) is 5.82 Å². The molecule has 3 aromatic rings. The molecule has 1 amide bonds. The molecule has 1 N–H and O–H groups in total. The highest BCUT2D eigenvalue weighted by atomic mass is 19.1. The number of nitrogens with one attached hydrogen (secondary N) is 1. The third-order valence-electron chi connectivity index (χ3n) is 4.25. The Hall–Kier alpha value is -3.28. The Morgan fingerprint density at radius 3 is 2.61 bits per heavy atom. The summed E-state index contributed by atoms with van der Waals surface area (Å²) in [6.07, 6.45) is 0.754. The molecule has 2 aromatic carbocycles. The summed E-state index contributed by atoms with van der Waals surface area (Å²) < 4.78 is 18.1. The van der Waals surface area contributed by atoms with Gasteiger partial charge in [0.2, 0.25) is 0 Å². The lowest BCUT2D eigenvalue weighted by Gasteiger charge is -2.11. The average Bonchev–Trinajstić information content (AvgIpc) is 2.71. The molecule has 0 aliphatic heterocycles. The van der Waals surface area contributed by atoms with Gasteiger partial charge in [-0.2, -0.15) is 0 Å². The van der Waals surface area contributed by atoms with Crippen LogP contribution in [-0.2, 0) is 9.53 Å². The Labute approximate surface area is 162 Å². The summed E-state index contributed by atoms with van der Waals surface area (Å²) in [4.78, 5) is 28.7. The zero-order valence-corrected chi connectivity index (χ0v) is 15.6. The number of fused-ring (bicyclic) bond motifs is 1. The number of esters is 1. The molecule has 28 heavy (non-hydrogen) atoms. The first-order chi connectivity index (χ1) is 13.6. The fourth-order valence-corrected chi connectivity index (χ4v) is 2.89. The van der Waals surface area contributed by atoms with Crippen molar-refractivity contribution in [3.05, 3.63) is 66.0 Å². The summed E-state index contributed by atoms with van der Waals surface area (Å²) in [5.74, 6) is -0.848. The average molecular weight is 380 g/mol. The molecule has 0 bridgehead atoms. The second kappa shape index (κ2) is 9.08. The van der Waals surface area contributed by atoms with Crippen molar-refractivity contribution in [2.75, 3.05) is 13.2 Å². The van der Waals surface area contributed by atoms with Crippen molar-refractivity contribution in [2.24, 2.45) is 0 Å². The number of rotatable bonds is 7. The number of pyridine rings is 1. The van der Waals surface area contributed by atoms with Crippen LogP contribution in [-0.4, -0.2) is 30.0 Å². The zero-order valence-electron chi connectivity index (χ0n) is 15.6. The van der Waals surface area contributed by atoms with Gasteiger partial charge in [-0.15, -0.1) is 0 Å². The first-order valence-corrected chi connectivity index (χ1v) is 9.18. The number of carbonyl (C=O) groups excluding carboxylic acids is 2. The number of amides is 1. The van der Waals surface area contributed by atoms with E-state index in [2.05, 4.69) is 10.3 Å². The summed E-state index contributed by atoms with van der Waals surface area (Å²) >= 11 is 0. The molecule has 0 radical (unpaired) electrons. The SMILES string of the molecule is CCOC(=O)CCCNC(=O)c1cc(-c2ccc(F)cc2)nc2ccccc12. The predicted octanol–water partition coefficient (Wildman–Crippen LogP) is 4.11. The van der Waals surface area contributed by atoms with E-state index in [-0.39, 0.29) is 24.1 Å². The molecule has 3 rings (SSSR count). The molecule has 1 heterocycles. The highest BCUT2D eigenvalue weighted by Crippen LogP contribution is 2.25. The summed E-state index contributed by atoms with van der Waals surface area (Å²) in [7, 11) is 0. The maximum Gasteiger partial charge on any atom is 0.305 e. The van der Waals surface area contributed by atoms with Gasteiger partial charge in [-0.1, -0.05) is 18.2 Å². The fourth-order valence-electron chi connectivity index (χ4n) is 2.89. The Morgan fingerprint density at radius 2 is 1.86 bits per heavy atom. The Morgan fingerprint density at radius 1 is 1.11 bits per heavy atom. The van der Waals surface area contributed by atoms with Crippen molar-refractivity contribution in [1.82, 2.24) is 10.3 Å². The molecular formula is C22H21FN2O3. The lowest BCUT2D eigenvalue weighted by Crippen LogP contribution is -2.25.